The second kappa shape index (κ2) is 7.54. The number of hydrogen-bond acceptors (Lipinski definition) is 5. The van der Waals surface area contributed by atoms with Crippen LogP contribution in [0.1, 0.15) is 51.7 Å². The van der Waals surface area contributed by atoms with Gasteiger partial charge >= 0.3 is 0 Å². The van der Waals surface area contributed by atoms with E-state index in [4.69, 9.17) is 9.26 Å². The van der Waals surface area contributed by atoms with E-state index in [-0.39, 0.29) is 0 Å². The zero-order valence-electron chi connectivity index (χ0n) is 13.5. The van der Waals surface area contributed by atoms with Crippen molar-refractivity contribution in [1.82, 2.24) is 9.46 Å². The molecule has 2 heterocycles. The summed E-state index contributed by atoms with van der Waals surface area (Å²) >= 11 is 4.42. The van der Waals surface area contributed by atoms with Crippen LogP contribution in [-0.2, 0) is 0 Å². The molecule has 0 atom stereocenters. The van der Waals surface area contributed by atoms with Crippen LogP contribution in [0.15, 0.2) is 10.6 Å². The minimum atomic E-state index is 0.620. The van der Waals surface area contributed by atoms with Crippen molar-refractivity contribution in [3.8, 4) is 5.88 Å². The van der Waals surface area contributed by atoms with Crippen LogP contribution in [0.25, 0.3) is 0 Å². The molecule has 2 aliphatic rings. The van der Waals surface area contributed by atoms with E-state index in [1.165, 1.54) is 25.7 Å². The minimum Gasteiger partial charge on any atom is -0.475 e. The third-order valence-electron chi connectivity index (χ3n) is 4.63. The molecule has 4 nitrogen and oxygen atoms in total. The summed E-state index contributed by atoms with van der Waals surface area (Å²) in [6.45, 7) is 8.92. The van der Waals surface area contributed by atoms with E-state index in [1.54, 1.807) is 0 Å². The molecule has 3 rings (SSSR count). The van der Waals surface area contributed by atoms with Crippen LogP contribution in [0.2, 0.25) is 0 Å². The summed E-state index contributed by atoms with van der Waals surface area (Å²) in [5, 5.41) is 3.84. The van der Waals surface area contributed by atoms with Gasteiger partial charge in [-0.2, -0.15) is 0 Å². The molecule has 0 radical (unpaired) electrons. The van der Waals surface area contributed by atoms with Gasteiger partial charge < -0.3 is 9.26 Å². The second-order valence-electron chi connectivity index (χ2n) is 6.14. The highest BCUT2D eigenvalue weighted by Gasteiger charge is 2.44. The fraction of sp³-hybridized carbons (Fsp3) is 0.812. The van der Waals surface area contributed by atoms with Gasteiger partial charge in [-0.15, -0.1) is 0 Å². The van der Waals surface area contributed by atoms with Crippen molar-refractivity contribution in [1.29, 1.82) is 0 Å². The minimum absolute atomic E-state index is 0.620. The molecule has 1 aromatic heterocycles. The fourth-order valence-corrected chi connectivity index (χ4v) is 3.69. The van der Waals surface area contributed by atoms with Gasteiger partial charge in [0.05, 0.1) is 6.61 Å². The first-order valence-corrected chi connectivity index (χ1v) is 8.55. The lowest BCUT2D eigenvalue weighted by Crippen LogP contribution is -2.45. The average molecular weight is 312 g/mol. The first-order valence-electron chi connectivity index (χ1n) is 8.15. The molecule has 1 saturated heterocycles. The van der Waals surface area contributed by atoms with Gasteiger partial charge in [0.15, 0.2) is 0 Å². The number of hydrogen-bond donors (Lipinski definition) is 1. The smallest absolute Gasteiger partial charge is 0.254 e. The van der Waals surface area contributed by atoms with Crippen molar-refractivity contribution in [2.45, 2.75) is 52.9 Å². The molecule has 120 valence electrons. The zero-order chi connectivity index (χ0) is 15.3. The highest BCUT2D eigenvalue weighted by Crippen LogP contribution is 2.53. The predicted molar refractivity (Wildman–Crippen MR) is 87.7 cm³/mol. The molecule has 1 saturated carbocycles. The topological polar surface area (TPSA) is 38.5 Å². The molecule has 1 aromatic rings. The Kier molecular flexibility index (Phi) is 5.99. The van der Waals surface area contributed by atoms with Gasteiger partial charge in [0.1, 0.15) is 5.76 Å². The standard InChI is InChI=1S/C14H22N2O2S.C2H6/c1-11-8-13(15-18-11)17-7-2-12-9-14(10-12)3-5-16(19)6-4-14;1-2/h8,12,19H,2-7,9-10H2,1H3;1-2H3. The lowest BCUT2D eigenvalue weighted by atomic mass is 9.57. The van der Waals surface area contributed by atoms with Gasteiger partial charge in [0.25, 0.3) is 5.88 Å². The maximum Gasteiger partial charge on any atom is 0.254 e. The molecular formula is C16H28N2O2S. The molecule has 1 aliphatic heterocycles. The third kappa shape index (κ3) is 4.39. The lowest BCUT2D eigenvalue weighted by Gasteiger charge is -2.51. The quantitative estimate of drug-likeness (QED) is 0.849. The Labute approximate surface area is 133 Å². The van der Waals surface area contributed by atoms with Crippen LogP contribution in [-0.4, -0.2) is 29.2 Å². The SMILES string of the molecule is CC.Cc1cc(OCCC2CC3(CCN(S)CC3)C2)no1. The molecule has 0 bridgehead atoms. The van der Waals surface area contributed by atoms with Crippen molar-refractivity contribution < 1.29 is 9.26 Å². The van der Waals surface area contributed by atoms with Crippen LogP contribution in [0.3, 0.4) is 0 Å². The number of aromatic nitrogens is 1. The summed E-state index contributed by atoms with van der Waals surface area (Å²) in [7, 11) is 0. The molecule has 1 spiro atoms. The second-order valence-corrected chi connectivity index (χ2v) is 6.71. The Bertz CT molecular complexity index is 420. The Balaban J connectivity index is 0.000000774. The molecular weight excluding hydrogens is 284 g/mol. The Morgan fingerprint density at radius 3 is 2.62 bits per heavy atom. The maximum absolute atomic E-state index is 5.60. The Morgan fingerprint density at radius 2 is 2.05 bits per heavy atom. The van der Waals surface area contributed by atoms with E-state index >= 15 is 0 Å². The Morgan fingerprint density at radius 1 is 1.38 bits per heavy atom. The van der Waals surface area contributed by atoms with Crippen molar-refractivity contribution >= 4 is 12.8 Å². The van der Waals surface area contributed by atoms with Crippen molar-refractivity contribution in [3.63, 3.8) is 0 Å². The van der Waals surface area contributed by atoms with Gasteiger partial charge in [0.2, 0.25) is 0 Å². The normalized spacial score (nSPS) is 21.5. The van der Waals surface area contributed by atoms with Crippen LogP contribution >= 0.6 is 12.8 Å². The summed E-state index contributed by atoms with van der Waals surface area (Å²) in [4.78, 5) is 0. The molecule has 0 aromatic carbocycles. The van der Waals surface area contributed by atoms with Crippen LogP contribution in [0.4, 0.5) is 0 Å². The molecule has 0 amide bonds. The molecule has 1 aliphatic carbocycles. The third-order valence-corrected chi connectivity index (χ3v) is 5.03. The number of rotatable bonds is 4. The number of ether oxygens (including phenoxy) is 1. The van der Waals surface area contributed by atoms with Crippen molar-refractivity contribution in [3.05, 3.63) is 11.8 Å². The van der Waals surface area contributed by atoms with Gasteiger partial charge in [-0.25, -0.2) is 0 Å². The summed E-state index contributed by atoms with van der Waals surface area (Å²) < 4.78 is 12.7. The van der Waals surface area contributed by atoms with E-state index in [1.807, 2.05) is 26.8 Å². The van der Waals surface area contributed by atoms with E-state index in [0.29, 0.717) is 11.3 Å². The largest absolute Gasteiger partial charge is 0.475 e. The van der Waals surface area contributed by atoms with Crippen LogP contribution in [0.5, 0.6) is 5.88 Å². The van der Waals surface area contributed by atoms with Crippen LogP contribution in [0, 0.1) is 18.3 Å². The fourth-order valence-electron chi connectivity index (χ4n) is 3.49. The van der Waals surface area contributed by atoms with Gasteiger partial charge in [-0.3, -0.25) is 4.31 Å². The number of thiol groups is 1. The molecule has 21 heavy (non-hydrogen) atoms. The summed E-state index contributed by atoms with van der Waals surface area (Å²) in [6.07, 6.45) is 6.51. The number of nitrogens with zero attached hydrogens (tertiary/aromatic N) is 2. The van der Waals surface area contributed by atoms with Crippen molar-refractivity contribution in [2.24, 2.45) is 11.3 Å². The van der Waals surface area contributed by atoms with Crippen molar-refractivity contribution in [2.75, 3.05) is 19.7 Å². The highest BCUT2D eigenvalue weighted by atomic mass is 32.1. The number of piperidine rings is 1. The Hall–Kier alpha value is -0.680. The first-order chi connectivity index (χ1) is 10.2. The number of aryl methyl sites for hydroxylation is 1. The van der Waals surface area contributed by atoms with E-state index < -0.39 is 0 Å². The van der Waals surface area contributed by atoms with E-state index in [9.17, 15) is 0 Å². The average Bonchev–Trinajstić information content (AvgIpc) is 2.87. The summed E-state index contributed by atoms with van der Waals surface area (Å²) in [6, 6.07) is 1.84. The van der Waals surface area contributed by atoms with Crippen LogP contribution < -0.4 is 4.74 Å². The van der Waals surface area contributed by atoms with Gasteiger partial charge in [-0.1, -0.05) is 26.7 Å². The molecule has 0 unspecified atom stereocenters. The monoisotopic (exact) mass is 312 g/mol. The van der Waals surface area contributed by atoms with E-state index in [2.05, 4.69) is 22.3 Å². The molecule has 5 heteroatoms. The highest BCUT2D eigenvalue weighted by molar-refractivity contribution is 7.77. The predicted octanol–water partition coefficient (Wildman–Crippen LogP) is 4.12. The van der Waals surface area contributed by atoms with E-state index in [0.717, 1.165) is 37.8 Å². The van der Waals surface area contributed by atoms with Gasteiger partial charge in [-0.05, 0) is 55.5 Å². The summed E-state index contributed by atoms with van der Waals surface area (Å²) in [5.74, 6) is 2.26. The first kappa shape index (κ1) is 16.7. The van der Waals surface area contributed by atoms with Gasteiger partial charge in [0, 0.05) is 19.2 Å². The lowest BCUT2D eigenvalue weighted by molar-refractivity contribution is -0.00229. The summed E-state index contributed by atoms with van der Waals surface area (Å²) in [5.41, 5.74) is 0.633. The molecule has 2 fully saturated rings. The maximum atomic E-state index is 5.60. The zero-order valence-corrected chi connectivity index (χ0v) is 14.4. The molecule has 0 N–H and O–H groups in total.